The predicted octanol–water partition coefficient (Wildman–Crippen LogP) is -2.68. The van der Waals surface area contributed by atoms with Gasteiger partial charge >= 0.3 is 0 Å². The van der Waals surface area contributed by atoms with E-state index in [-0.39, 0.29) is 102 Å². The number of primary amides is 2. The monoisotopic (exact) mass is 1650 g/mol. The number of benzene rings is 2. The lowest BCUT2D eigenvalue weighted by Crippen LogP contribution is -2.61. The fourth-order valence-corrected chi connectivity index (χ4v) is 12.1. The molecule has 658 valence electrons. The number of β-amino-alcohol motifs (C(OH)–C–C–N with tert-alkyl or cyclic N) is 1. The van der Waals surface area contributed by atoms with Crippen LogP contribution in [0.1, 0.15) is 143 Å². The molecule has 0 aromatic heterocycles. The highest BCUT2D eigenvalue weighted by Crippen LogP contribution is 2.22. The molecule has 13 amide bonds. The summed E-state index contributed by atoms with van der Waals surface area (Å²) in [5, 5.41) is 44.8. The smallest absolute Gasteiger partial charge is 0.247 e. The zero-order valence-electron chi connectivity index (χ0n) is 69.4. The van der Waals surface area contributed by atoms with Gasteiger partial charge in [-0.15, -0.1) is 0 Å². The van der Waals surface area contributed by atoms with Crippen molar-refractivity contribution in [2.75, 3.05) is 133 Å². The standard InChI is InChI=1S/C79H131N17O21/c1-10-12-13-20-26-58(70(81)103)89-76(109)68(54(7)97)92-72(105)60(45-51(3)4)90-75(108)67(52(5)11-2)91-65(101)48-85-74(107)69(56-24-18-15-19-25-56)93-71(104)53(6)86-73(106)62-46-57(98)49-96(62)78(111)61(47-63(80)99)88-66(102)50-95(31-28-55-22-16-14-17-23-55)77(110)59(27-21-30-84-79(82)83)87-64(100)29-33-112-35-37-114-39-41-116-43-44-117-42-40-115-38-36-113-34-32-94(8)9/h14-19,22-25,51-54,57-62,67-69,97-98H,10-13,20-21,26-50H2,1-9H3,(H2,80,99)(H2,81,103)(H,85,107)(H,86,106)(H,87,100)(H,88,102)(H,89,109)(H,90,108)(H,91,101)(H,92,105)(H,93,104)(H4,82,83,84)/t52-,53-,54+,57+,58-,59-,60-,61-,62-,67-,68-,69-/m0/s1. The van der Waals surface area contributed by atoms with Gasteiger partial charge in [0, 0.05) is 39.0 Å². The third kappa shape index (κ3) is 41.9. The molecule has 0 spiro atoms. The van der Waals surface area contributed by atoms with Crippen molar-refractivity contribution in [3.05, 3.63) is 71.8 Å². The Morgan fingerprint density at radius 3 is 1.67 bits per heavy atom. The van der Waals surface area contributed by atoms with Crippen molar-refractivity contribution in [2.24, 2.45) is 39.8 Å². The third-order valence-electron chi connectivity index (χ3n) is 18.7. The van der Waals surface area contributed by atoms with Gasteiger partial charge in [0.2, 0.25) is 76.8 Å². The maximum Gasteiger partial charge on any atom is 0.247 e. The summed E-state index contributed by atoms with van der Waals surface area (Å²) in [6.45, 7) is 14.5. The Balaban J connectivity index is 1.71. The Bertz CT molecular complexity index is 3400. The van der Waals surface area contributed by atoms with Crippen molar-refractivity contribution in [1.82, 2.24) is 62.6 Å². The van der Waals surface area contributed by atoms with Crippen LogP contribution >= 0.6 is 0 Å². The van der Waals surface area contributed by atoms with E-state index in [1.165, 1.54) is 30.9 Å². The molecule has 38 heteroatoms. The molecule has 0 bridgehead atoms. The van der Waals surface area contributed by atoms with Crippen LogP contribution in [-0.2, 0) is 97.2 Å². The van der Waals surface area contributed by atoms with Gasteiger partial charge in [0.25, 0.3) is 0 Å². The number of ether oxygens (including phenoxy) is 6. The van der Waals surface area contributed by atoms with Crippen molar-refractivity contribution in [3.63, 3.8) is 0 Å². The lowest BCUT2D eigenvalue weighted by Gasteiger charge is -2.30. The molecule has 1 fully saturated rings. The Kier molecular flexibility index (Phi) is 50.0. The maximum absolute atomic E-state index is 14.7. The Morgan fingerprint density at radius 1 is 0.564 bits per heavy atom. The van der Waals surface area contributed by atoms with Crippen molar-refractivity contribution < 1.29 is 101 Å². The van der Waals surface area contributed by atoms with Crippen molar-refractivity contribution in [1.29, 1.82) is 0 Å². The van der Waals surface area contributed by atoms with E-state index in [1.54, 1.807) is 76.2 Å². The topological polar surface area (TPSA) is 552 Å². The number of unbranched alkanes of at least 4 members (excludes halogenated alkanes) is 3. The number of hydrogen-bond donors (Lipinski definition) is 15. The van der Waals surface area contributed by atoms with Gasteiger partial charge in [0.05, 0.1) is 111 Å². The quantitative estimate of drug-likeness (QED) is 0.0182. The molecule has 2 aromatic carbocycles. The minimum atomic E-state index is -1.77. The summed E-state index contributed by atoms with van der Waals surface area (Å²) in [5.41, 5.74) is 23.4. The number of likely N-dealkylation sites (N-methyl/N-ethyl adjacent to an activating group) is 1. The van der Waals surface area contributed by atoms with Crippen molar-refractivity contribution in [3.8, 4) is 0 Å². The first-order valence-corrected chi connectivity index (χ1v) is 40.2. The Morgan fingerprint density at radius 2 is 1.12 bits per heavy atom. The number of nitrogens with two attached hydrogens (primary N) is 4. The predicted molar refractivity (Wildman–Crippen MR) is 433 cm³/mol. The van der Waals surface area contributed by atoms with Gasteiger partial charge in [-0.2, -0.15) is 0 Å². The first-order chi connectivity index (χ1) is 55.8. The summed E-state index contributed by atoms with van der Waals surface area (Å²) in [5.74, 6) is -12.3. The fraction of sp³-hybridized carbons (Fsp3) is 0.671. The molecule has 0 saturated carbocycles. The van der Waals surface area contributed by atoms with Crippen LogP contribution in [0, 0.1) is 11.8 Å². The summed E-state index contributed by atoms with van der Waals surface area (Å²) >= 11 is 0. The largest absolute Gasteiger partial charge is 0.391 e. The van der Waals surface area contributed by atoms with Crippen LogP contribution in [0.15, 0.2) is 65.7 Å². The zero-order valence-corrected chi connectivity index (χ0v) is 69.4. The van der Waals surface area contributed by atoms with E-state index >= 15 is 0 Å². The highest BCUT2D eigenvalue weighted by Gasteiger charge is 2.44. The highest BCUT2D eigenvalue weighted by atomic mass is 16.6. The van der Waals surface area contributed by atoms with Gasteiger partial charge in [-0.3, -0.25) is 67.3 Å². The van der Waals surface area contributed by atoms with Gasteiger partial charge in [-0.1, -0.05) is 127 Å². The summed E-state index contributed by atoms with van der Waals surface area (Å²) in [6, 6.07) is 4.03. The van der Waals surface area contributed by atoms with E-state index in [4.69, 9.17) is 51.4 Å². The molecule has 12 atom stereocenters. The molecule has 1 aliphatic heterocycles. The van der Waals surface area contributed by atoms with E-state index in [9.17, 15) is 72.5 Å². The molecule has 38 nitrogen and oxygen atoms in total. The van der Waals surface area contributed by atoms with E-state index in [1.807, 2.05) is 25.9 Å². The Hall–Kier alpha value is -9.54. The second kappa shape index (κ2) is 57.5. The van der Waals surface area contributed by atoms with Crippen LogP contribution in [0.3, 0.4) is 0 Å². The summed E-state index contributed by atoms with van der Waals surface area (Å²) in [7, 11) is 3.95. The number of hydrogen-bond acceptors (Lipinski definition) is 23. The first kappa shape index (κ1) is 102. The third-order valence-corrected chi connectivity index (χ3v) is 18.7. The molecule has 117 heavy (non-hydrogen) atoms. The van der Waals surface area contributed by atoms with Crippen LogP contribution in [0.4, 0.5) is 0 Å². The number of nitrogens with one attached hydrogen (secondary N) is 9. The number of amides is 13. The molecule has 3 rings (SSSR count). The van der Waals surface area contributed by atoms with Gasteiger partial charge in [-0.25, -0.2) is 0 Å². The lowest BCUT2D eigenvalue weighted by atomic mass is 9.96. The number of guanidine groups is 1. The van der Waals surface area contributed by atoms with Gasteiger partial charge < -0.3 is 124 Å². The van der Waals surface area contributed by atoms with Gasteiger partial charge in [0.15, 0.2) is 5.96 Å². The second-order valence-corrected chi connectivity index (χ2v) is 29.4. The molecule has 2 aromatic rings. The zero-order chi connectivity index (χ0) is 86.8. The van der Waals surface area contributed by atoms with Crippen LogP contribution in [0.25, 0.3) is 0 Å². The van der Waals surface area contributed by atoms with E-state index in [0.717, 1.165) is 36.3 Å². The SMILES string of the molecule is CCCCCC[C@H](NC(=O)[C@@H](NC(=O)[C@H](CC(C)C)NC(=O)[C@@H](NC(=O)CNC(=O)[C@@H](NC(=O)[C@H](C)NC(=O)[C@@H]1C[C@@H](O)CN1C(=O)[C@H](CC(N)=O)NC(=O)CN(CCc1ccccc1)C(=O)[C@H](CCCN=C(N)N)NC(=O)CCOCCOCCOCCOCCOCCOCCN(C)C)c1ccccc1)[C@@H](C)CC)[C@@H](C)O)C(N)=O. The normalized spacial score (nSPS) is 15.8. The van der Waals surface area contributed by atoms with Gasteiger partial charge in [-0.05, 0) is 83.0 Å². The lowest BCUT2D eigenvalue weighted by molar-refractivity contribution is -0.144. The molecule has 0 radical (unpaired) electrons. The van der Waals surface area contributed by atoms with Crippen molar-refractivity contribution in [2.45, 2.75) is 199 Å². The fourth-order valence-electron chi connectivity index (χ4n) is 12.1. The number of aliphatic imine (C=N–C) groups is 1. The summed E-state index contributed by atoms with van der Waals surface area (Å²) in [4.78, 5) is 188. The molecule has 0 aliphatic carbocycles. The van der Waals surface area contributed by atoms with E-state index < -0.39 is 175 Å². The number of likely N-dealkylation sites (tertiary alicyclic amines) is 1. The minimum absolute atomic E-state index is 0.00423. The maximum atomic E-state index is 14.7. The number of aliphatic hydroxyl groups is 2. The Labute approximate surface area is 686 Å². The van der Waals surface area contributed by atoms with Crippen molar-refractivity contribution >= 4 is 82.8 Å². The minimum Gasteiger partial charge on any atom is -0.391 e. The van der Waals surface area contributed by atoms with Gasteiger partial charge in [0.1, 0.15) is 54.4 Å². The number of carbonyl (C=O) groups excluding carboxylic acids is 13. The molecule has 1 aliphatic rings. The summed E-state index contributed by atoms with van der Waals surface area (Å²) < 4.78 is 33.3. The van der Waals surface area contributed by atoms with E-state index in [0.29, 0.717) is 65.7 Å². The molecule has 19 N–H and O–H groups in total. The molecular formula is C79H131N17O21. The average molecular weight is 1660 g/mol. The molecular weight excluding hydrogens is 1520 g/mol. The van der Waals surface area contributed by atoms with Crippen LogP contribution in [0.2, 0.25) is 0 Å². The highest BCUT2D eigenvalue weighted by molar-refractivity contribution is 6.00. The van der Waals surface area contributed by atoms with Crippen LogP contribution in [0.5, 0.6) is 0 Å². The van der Waals surface area contributed by atoms with E-state index in [2.05, 4.69) is 52.8 Å². The van der Waals surface area contributed by atoms with Crippen LogP contribution < -0.4 is 70.8 Å². The second-order valence-electron chi connectivity index (χ2n) is 29.4. The molecule has 1 saturated heterocycles. The van der Waals surface area contributed by atoms with Crippen LogP contribution in [-0.4, -0.2) is 301 Å². The average Bonchev–Trinajstić information content (AvgIpc) is 1.70. The number of aliphatic hydroxyl groups excluding tert-OH is 2. The first-order valence-electron chi connectivity index (χ1n) is 40.2. The summed E-state index contributed by atoms with van der Waals surface area (Å²) in [6.07, 6.45) is 0.114. The molecule has 0 unspecified atom stereocenters. The molecule has 1 heterocycles. The number of nitrogens with zero attached hydrogens (tertiary/aromatic N) is 4. The number of carbonyl (C=O) groups is 13. The number of rotatable bonds is 62.